The van der Waals surface area contributed by atoms with Crippen LogP contribution in [0.25, 0.3) is 11.1 Å². The quantitative estimate of drug-likeness (QED) is 0.139. The van der Waals surface area contributed by atoms with Crippen molar-refractivity contribution in [1.29, 1.82) is 5.26 Å². The number of carbonyl (C=O) groups excluding carboxylic acids is 1. The second-order valence-electron chi connectivity index (χ2n) is 9.84. The molecule has 0 amide bonds. The summed E-state index contributed by atoms with van der Waals surface area (Å²) < 4.78 is 5.59. The largest absolute Gasteiger partial charge is 0.422 e. The molecule has 0 fully saturated rings. The third kappa shape index (κ3) is 8.09. The van der Waals surface area contributed by atoms with Crippen molar-refractivity contribution >= 4 is 5.97 Å². The monoisotopic (exact) mass is 481 g/mol. The van der Waals surface area contributed by atoms with Crippen LogP contribution in [0.4, 0.5) is 0 Å². The molecular weight excluding hydrogens is 442 g/mol. The molecule has 0 aliphatic rings. The van der Waals surface area contributed by atoms with Gasteiger partial charge in [-0.2, -0.15) is 5.26 Å². The molecule has 3 nitrogen and oxygen atoms in total. The molecule has 0 aliphatic carbocycles. The molecule has 0 N–H and O–H groups in total. The number of esters is 1. The zero-order valence-electron chi connectivity index (χ0n) is 22.1. The fourth-order valence-electron chi connectivity index (χ4n) is 4.36. The van der Waals surface area contributed by atoms with Gasteiger partial charge in [-0.3, -0.25) is 0 Å². The van der Waals surface area contributed by atoms with E-state index in [4.69, 9.17) is 4.74 Å². The topological polar surface area (TPSA) is 50.1 Å². The van der Waals surface area contributed by atoms with Gasteiger partial charge in [0.15, 0.2) is 0 Å². The molecule has 0 heterocycles. The maximum absolute atomic E-state index is 12.8. The highest BCUT2D eigenvalue weighted by Crippen LogP contribution is 2.24. The molecule has 1 atom stereocenters. The first-order valence-corrected chi connectivity index (χ1v) is 13.5. The average molecular weight is 482 g/mol. The molecular formula is C33H39NO2. The van der Waals surface area contributed by atoms with E-state index in [2.05, 4.69) is 51.1 Å². The van der Waals surface area contributed by atoms with E-state index in [0.717, 1.165) is 36.0 Å². The van der Waals surface area contributed by atoms with E-state index in [1.165, 1.54) is 44.1 Å². The van der Waals surface area contributed by atoms with Crippen LogP contribution in [-0.2, 0) is 12.8 Å². The molecule has 0 spiro atoms. The van der Waals surface area contributed by atoms with Crippen molar-refractivity contribution in [3.05, 3.63) is 89.0 Å². The molecule has 36 heavy (non-hydrogen) atoms. The van der Waals surface area contributed by atoms with Gasteiger partial charge in [0.1, 0.15) is 11.8 Å². The number of unbranched alkanes of at least 4 members (excludes halogenated alkanes) is 5. The Hall–Kier alpha value is -3.38. The van der Waals surface area contributed by atoms with E-state index in [1.807, 2.05) is 24.3 Å². The SMILES string of the molecule is CCCCCCCCc1ccc(OC(=O)c2ccc(-c3ccc(CC(C)CC)cc3)cc2)c(C#N)c1. The predicted octanol–water partition coefficient (Wildman–Crippen LogP) is 8.94. The van der Waals surface area contributed by atoms with Crippen LogP contribution in [-0.4, -0.2) is 5.97 Å². The minimum Gasteiger partial charge on any atom is -0.422 e. The molecule has 3 aromatic carbocycles. The summed E-state index contributed by atoms with van der Waals surface area (Å²) in [6.45, 7) is 6.72. The molecule has 3 heteroatoms. The Bertz CT molecular complexity index is 1140. The Morgan fingerprint density at radius 1 is 0.833 bits per heavy atom. The molecule has 0 saturated carbocycles. The Labute approximate surface area is 217 Å². The average Bonchev–Trinajstić information content (AvgIpc) is 2.91. The van der Waals surface area contributed by atoms with Crippen LogP contribution in [0.1, 0.15) is 92.8 Å². The summed E-state index contributed by atoms with van der Waals surface area (Å²) >= 11 is 0. The van der Waals surface area contributed by atoms with Crippen LogP contribution in [0.3, 0.4) is 0 Å². The van der Waals surface area contributed by atoms with Crippen LogP contribution in [0.15, 0.2) is 66.7 Å². The summed E-state index contributed by atoms with van der Waals surface area (Å²) in [4.78, 5) is 12.8. The second kappa shape index (κ2) is 14.2. The molecule has 0 saturated heterocycles. The van der Waals surface area contributed by atoms with E-state index >= 15 is 0 Å². The maximum Gasteiger partial charge on any atom is 0.343 e. The van der Waals surface area contributed by atoms with Crippen LogP contribution in [0, 0.1) is 17.2 Å². The molecule has 0 bridgehead atoms. The summed E-state index contributed by atoms with van der Waals surface area (Å²) in [5.74, 6) is 0.542. The number of hydrogen-bond donors (Lipinski definition) is 0. The fraction of sp³-hybridized carbons (Fsp3) is 0.394. The van der Waals surface area contributed by atoms with Crippen LogP contribution < -0.4 is 4.74 Å². The number of hydrogen-bond acceptors (Lipinski definition) is 3. The maximum atomic E-state index is 12.8. The zero-order valence-corrected chi connectivity index (χ0v) is 22.1. The van der Waals surface area contributed by atoms with Crippen molar-refractivity contribution in [3.8, 4) is 22.9 Å². The molecule has 3 aromatic rings. The lowest BCUT2D eigenvalue weighted by Crippen LogP contribution is -2.09. The highest BCUT2D eigenvalue weighted by molar-refractivity contribution is 5.92. The molecule has 0 radical (unpaired) electrons. The number of aryl methyl sites for hydroxylation is 1. The Morgan fingerprint density at radius 2 is 1.44 bits per heavy atom. The van der Waals surface area contributed by atoms with Gasteiger partial charge in [-0.15, -0.1) is 0 Å². The number of carbonyl (C=O) groups is 1. The van der Waals surface area contributed by atoms with Crippen molar-refractivity contribution < 1.29 is 9.53 Å². The first kappa shape index (κ1) is 27.2. The fourth-order valence-corrected chi connectivity index (χ4v) is 4.36. The summed E-state index contributed by atoms with van der Waals surface area (Å²) in [6.07, 6.45) is 10.6. The highest BCUT2D eigenvalue weighted by atomic mass is 16.5. The Morgan fingerprint density at radius 3 is 2.08 bits per heavy atom. The van der Waals surface area contributed by atoms with Gasteiger partial charge in [0.05, 0.1) is 11.1 Å². The third-order valence-electron chi connectivity index (χ3n) is 6.88. The minimum absolute atomic E-state index is 0.315. The minimum atomic E-state index is -0.453. The molecule has 1 unspecified atom stereocenters. The Kier molecular flexibility index (Phi) is 10.8. The van der Waals surface area contributed by atoms with E-state index in [0.29, 0.717) is 22.8 Å². The van der Waals surface area contributed by atoms with Gasteiger partial charge < -0.3 is 4.74 Å². The number of nitrogens with zero attached hydrogens (tertiary/aromatic N) is 1. The number of ether oxygens (including phenoxy) is 1. The molecule has 188 valence electrons. The van der Waals surface area contributed by atoms with Gasteiger partial charge in [-0.05, 0) is 71.7 Å². The first-order valence-electron chi connectivity index (χ1n) is 13.5. The summed E-state index contributed by atoms with van der Waals surface area (Å²) in [6, 6.07) is 23.8. The number of benzene rings is 3. The van der Waals surface area contributed by atoms with Gasteiger partial charge in [-0.25, -0.2) is 4.79 Å². The molecule has 0 aliphatic heterocycles. The number of rotatable bonds is 13. The van der Waals surface area contributed by atoms with Crippen LogP contribution >= 0.6 is 0 Å². The highest BCUT2D eigenvalue weighted by Gasteiger charge is 2.13. The van der Waals surface area contributed by atoms with E-state index in [1.54, 1.807) is 18.2 Å². The standard InChI is InChI=1S/C33H39NO2/c1-4-6-7-8-9-10-11-26-14-21-32(31(23-26)24-34)36-33(35)30-19-17-29(18-20-30)28-15-12-27(13-16-28)22-25(3)5-2/h12-21,23,25H,4-11,22H2,1-3H3. The Balaban J connectivity index is 1.58. The van der Waals surface area contributed by atoms with Crippen LogP contribution in [0.2, 0.25) is 0 Å². The first-order chi connectivity index (χ1) is 17.5. The lowest BCUT2D eigenvalue weighted by Gasteiger charge is -2.10. The smallest absolute Gasteiger partial charge is 0.343 e. The zero-order chi connectivity index (χ0) is 25.8. The summed E-state index contributed by atoms with van der Waals surface area (Å²) in [5, 5.41) is 9.60. The van der Waals surface area contributed by atoms with Gasteiger partial charge in [0.2, 0.25) is 0 Å². The third-order valence-corrected chi connectivity index (χ3v) is 6.88. The van der Waals surface area contributed by atoms with E-state index in [-0.39, 0.29) is 0 Å². The van der Waals surface area contributed by atoms with E-state index in [9.17, 15) is 10.1 Å². The van der Waals surface area contributed by atoms with Gasteiger partial charge in [0.25, 0.3) is 0 Å². The predicted molar refractivity (Wildman–Crippen MR) is 148 cm³/mol. The van der Waals surface area contributed by atoms with Gasteiger partial charge in [0, 0.05) is 0 Å². The molecule has 3 rings (SSSR count). The van der Waals surface area contributed by atoms with Gasteiger partial charge in [-0.1, -0.05) is 102 Å². The van der Waals surface area contributed by atoms with Crippen molar-refractivity contribution in [2.45, 2.75) is 78.6 Å². The normalized spacial score (nSPS) is 11.6. The lowest BCUT2D eigenvalue weighted by atomic mass is 9.96. The van der Waals surface area contributed by atoms with Gasteiger partial charge >= 0.3 is 5.97 Å². The van der Waals surface area contributed by atoms with Crippen molar-refractivity contribution in [3.63, 3.8) is 0 Å². The second-order valence-corrected chi connectivity index (χ2v) is 9.84. The van der Waals surface area contributed by atoms with Crippen molar-refractivity contribution in [2.75, 3.05) is 0 Å². The van der Waals surface area contributed by atoms with Crippen LogP contribution in [0.5, 0.6) is 5.75 Å². The number of nitriles is 1. The summed E-state index contributed by atoms with van der Waals surface area (Å²) in [7, 11) is 0. The van der Waals surface area contributed by atoms with Crippen molar-refractivity contribution in [1.82, 2.24) is 0 Å². The summed E-state index contributed by atoms with van der Waals surface area (Å²) in [5.41, 5.74) is 5.50. The molecule has 0 aromatic heterocycles. The van der Waals surface area contributed by atoms with E-state index < -0.39 is 5.97 Å². The van der Waals surface area contributed by atoms with Crippen molar-refractivity contribution in [2.24, 2.45) is 5.92 Å². The lowest BCUT2D eigenvalue weighted by molar-refractivity contribution is 0.0734.